The predicted molar refractivity (Wildman–Crippen MR) is 88.8 cm³/mol. The summed E-state index contributed by atoms with van der Waals surface area (Å²) in [5.41, 5.74) is 0.751. The molecule has 1 aromatic rings. The fraction of sp³-hybridized carbons (Fsp3) is 0.562. The van der Waals surface area contributed by atoms with Crippen LogP contribution in [0, 0.1) is 0 Å². The zero-order valence-corrected chi connectivity index (χ0v) is 14.4. The van der Waals surface area contributed by atoms with Gasteiger partial charge in [-0.3, -0.25) is 4.79 Å². The topological polar surface area (TPSA) is 75.7 Å². The van der Waals surface area contributed by atoms with Crippen LogP contribution in [0.5, 0.6) is 5.75 Å². The van der Waals surface area contributed by atoms with Gasteiger partial charge >= 0.3 is 0 Å². The number of hydrogen-bond acceptors (Lipinski definition) is 4. The Morgan fingerprint density at radius 1 is 1.22 bits per heavy atom. The number of rotatable bonds is 6. The summed E-state index contributed by atoms with van der Waals surface area (Å²) in [5, 5.41) is 0. The first-order valence-corrected chi connectivity index (χ1v) is 9.67. The second kappa shape index (κ2) is 7.79. The molecule has 0 bridgehead atoms. The molecule has 1 atom stereocenters. The number of piperidine rings is 1. The van der Waals surface area contributed by atoms with Crippen LogP contribution in [-0.2, 0) is 14.8 Å². The largest absolute Gasteiger partial charge is 0.497 e. The SMILES string of the molecule is COc1ccc([C@@H](CC(=O)N2CCCCC2)NS(C)(=O)=O)cc1. The van der Waals surface area contributed by atoms with Gasteiger partial charge in [-0.25, -0.2) is 13.1 Å². The molecule has 1 N–H and O–H groups in total. The number of carbonyl (C=O) groups is 1. The number of benzene rings is 1. The summed E-state index contributed by atoms with van der Waals surface area (Å²) in [5.74, 6) is 0.677. The average Bonchev–Trinajstić information content (AvgIpc) is 2.54. The van der Waals surface area contributed by atoms with Gasteiger partial charge in [0.15, 0.2) is 0 Å². The lowest BCUT2D eigenvalue weighted by Crippen LogP contribution is -2.38. The molecule has 1 fully saturated rings. The fourth-order valence-corrected chi connectivity index (χ4v) is 3.51. The van der Waals surface area contributed by atoms with Crippen molar-refractivity contribution >= 4 is 15.9 Å². The number of likely N-dealkylation sites (tertiary alicyclic amines) is 1. The molecule has 0 saturated carbocycles. The molecule has 0 unspecified atom stereocenters. The maximum absolute atomic E-state index is 12.5. The minimum atomic E-state index is -3.42. The monoisotopic (exact) mass is 340 g/mol. The summed E-state index contributed by atoms with van der Waals surface area (Å²) in [4.78, 5) is 14.3. The van der Waals surface area contributed by atoms with Gasteiger partial charge in [-0.05, 0) is 37.0 Å². The number of hydrogen-bond donors (Lipinski definition) is 1. The molecular formula is C16H24N2O4S. The number of amides is 1. The Hall–Kier alpha value is -1.60. The molecule has 0 radical (unpaired) electrons. The number of nitrogens with one attached hydrogen (secondary N) is 1. The van der Waals surface area contributed by atoms with Crippen molar-refractivity contribution in [2.24, 2.45) is 0 Å². The first-order chi connectivity index (χ1) is 10.9. The minimum absolute atomic E-state index is 0.0123. The average molecular weight is 340 g/mol. The quantitative estimate of drug-likeness (QED) is 0.855. The van der Waals surface area contributed by atoms with Gasteiger partial charge in [-0.15, -0.1) is 0 Å². The summed E-state index contributed by atoms with van der Waals surface area (Å²) >= 11 is 0. The molecule has 6 nitrogen and oxygen atoms in total. The van der Waals surface area contributed by atoms with Gasteiger partial charge in [0.2, 0.25) is 15.9 Å². The van der Waals surface area contributed by atoms with Crippen molar-refractivity contribution in [3.63, 3.8) is 0 Å². The van der Waals surface area contributed by atoms with Crippen LogP contribution in [-0.4, -0.2) is 45.7 Å². The van der Waals surface area contributed by atoms with Crippen LogP contribution in [0.25, 0.3) is 0 Å². The van der Waals surface area contributed by atoms with Crippen molar-refractivity contribution in [2.75, 3.05) is 26.5 Å². The Labute approximate surface area is 137 Å². The zero-order chi connectivity index (χ0) is 16.9. The van der Waals surface area contributed by atoms with Crippen molar-refractivity contribution in [1.82, 2.24) is 9.62 Å². The zero-order valence-electron chi connectivity index (χ0n) is 13.6. The highest BCUT2D eigenvalue weighted by Crippen LogP contribution is 2.23. The first-order valence-electron chi connectivity index (χ1n) is 7.78. The molecule has 0 aromatic heterocycles. The predicted octanol–water partition coefficient (Wildman–Crippen LogP) is 1.69. The highest BCUT2D eigenvalue weighted by Gasteiger charge is 2.24. The van der Waals surface area contributed by atoms with Crippen LogP contribution in [0.15, 0.2) is 24.3 Å². The first kappa shape index (κ1) is 17.7. The van der Waals surface area contributed by atoms with E-state index in [0.29, 0.717) is 5.75 Å². The Balaban J connectivity index is 2.14. The molecule has 0 aliphatic carbocycles. The molecule has 7 heteroatoms. The van der Waals surface area contributed by atoms with Crippen LogP contribution in [0.3, 0.4) is 0 Å². The lowest BCUT2D eigenvalue weighted by molar-refractivity contribution is -0.132. The van der Waals surface area contributed by atoms with Gasteiger partial charge in [0, 0.05) is 19.5 Å². The van der Waals surface area contributed by atoms with Gasteiger partial charge in [-0.2, -0.15) is 0 Å². The van der Waals surface area contributed by atoms with Crippen molar-refractivity contribution in [3.05, 3.63) is 29.8 Å². The highest BCUT2D eigenvalue weighted by molar-refractivity contribution is 7.88. The highest BCUT2D eigenvalue weighted by atomic mass is 32.2. The molecular weight excluding hydrogens is 316 g/mol. The van der Waals surface area contributed by atoms with Crippen LogP contribution in [0.1, 0.15) is 37.3 Å². The van der Waals surface area contributed by atoms with E-state index < -0.39 is 16.1 Å². The molecule has 1 heterocycles. The second-order valence-electron chi connectivity index (χ2n) is 5.86. The van der Waals surface area contributed by atoms with Crippen LogP contribution < -0.4 is 9.46 Å². The third kappa shape index (κ3) is 5.51. The maximum atomic E-state index is 12.5. The van der Waals surface area contributed by atoms with E-state index in [9.17, 15) is 13.2 Å². The summed E-state index contributed by atoms with van der Waals surface area (Å²) in [6.45, 7) is 1.51. The van der Waals surface area contributed by atoms with Crippen molar-refractivity contribution in [3.8, 4) is 5.75 Å². The van der Waals surface area contributed by atoms with E-state index >= 15 is 0 Å². The molecule has 1 aromatic carbocycles. The Bertz CT molecular complexity index is 622. The summed E-state index contributed by atoms with van der Waals surface area (Å²) in [7, 11) is -1.84. The molecule has 1 saturated heterocycles. The normalized spacial score (nSPS) is 16.9. The molecule has 1 amide bonds. The number of nitrogens with zero attached hydrogens (tertiary/aromatic N) is 1. The Kier molecular flexibility index (Phi) is 6.01. The van der Waals surface area contributed by atoms with E-state index in [2.05, 4.69) is 4.72 Å². The molecule has 1 aliphatic heterocycles. The number of carbonyl (C=O) groups excluding carboxylic acids is 1. The van der Waals surface area contributed by atoms with Crippen molar-refractivity contribution in [1.29, 1.82) is 0 Å². The van der Waals surface area contributed by atoms with E-state index in [-0.39, 0.29) is 12.3 Å². The van der Waals surface area contributed by atoms with E-state index in [1.165, 1.54) is 0 Å². The molecule has 2 rings (SSSR count). The van der Waals surface area contributed by atoms with E-state index in [1.54, 1.807) is 31.4 Å². The third-order valence-electron chi connectivity index (χ3n) is 3.96. The number of sulfonamides is 1. The summed E-state index contributed by atoms with van der Waals surface area (Å²) in [6.07, 6.45) is 4.40. The van der Waals surface area contributed by atoms with E-state index in [4.69, 9.17) is 4.74 Å². The standard InChI is InChI=1S/C16H24N2O4S/c1-22-14-8-6-13(7-9-14)15(17-23(2,20)21)12-16(19)18-10-4-3-5-11-18/h6-9,15,17H,3-5,10-12H2,1-2H3/t15-/m1/s1. The number of ether oxygens (including phenoxy) is 1. The molecule has 23 heavy (non-hydrogen) atoms. The minimum Gasteiger partial charge on any atom is -0.497 e. The van der Waals surface area contributed by atoms with Gasteiger partial charge in [-0.1, -0.05) is 12.1 Å². The van der Waals surface area contributed by atoms with Crippen molar-refractivity contribution in [2.45, 2.75) is 31.7 Å². The lowest BCUT2D eigenvalue weighted by Gasteiger charge is -2.28. The van der Waals surface area contributed by atoms with Gasteiger partial charge in [0.25, 0.3) is 0 Å². The van der Waals surface area contributed by atoms with Gasteiger partial charge < -0.3 is 9.64 Å². The maximum Gasteiger partial charge on any atom is 0.224 e. The smallest absolute Gasteiger partial charge is 0.224 e. The third-order valence-corrected chi connectivity index (χ3v) is 4.67. The van der Waals surface area contributed by atoms with Gasteiger partial charge in [0.1, 0.15) is 5.75 Å². The Morgan fingerprint density at radius 3 is 2.35 bits per heavy atom. The van der Waals surface area contributed by atoms with Crippen LogP contribution >= 0.6 is 0 Å². The fourth-order valence-electron chi connectivity index (χ4n) is 2.77. The lowest BCUT2D eigenvalue weighted by atomic mass is 10.0. The number of methoxy groups -OCH3 is 1. The molecule has 128 valence electrons. The van der Waals surface area contributed by atoms with E-state index in [0.717, 1.165) is 44.2 Å². The Morgan fingerprint density at radius 2 is 1.83 bits per heavy atom. The van der Waals surface area contributed by atoms with Crippen LogP contribution in [0.4, 0.5) is 0 Å². The van der Waals surface area contributed by atoms with Crippen molar-refractivity contribution < 1.29 is 17.9 Å². The summed E-state index contributed by atoms with van der Waals surface area (Å²) in [6, 6.07) is 6.52. The summed E-state index contributed by atoms with van der Waals surface area (Å²) < 4.78 is 30.9. The van der Waals surface area contributed by atoms with Gasteiger partial charge in [0.05, 0.1) is 19.4 Å². The van der Waals surface area contributed by atoms with E-state index in [1.807, 2.05) is 4.90 Å². The molecule has 1 aliphatic rings. The molecule has 0 spiro atoms. The van der Waals surface area contributed by atoms with Crippen LogP contribution in [0.2, 0.25) is 0 Å². The second-order valence-corrected chi connectivity index (χ2v) is 7.64.